The highest BCUT2D eigenvalue weighted by Crippen LogP contribution is 2.36. The number of rotatable bonds is 3. The first kappa shape index (κ1) is 16.8. The van der Waals surface area contributed by atoms with Gasteiger partial charge in [-0.3, -0.25) is 0 Å². The Balaban J connectivity index is 0.00000176. The van der Waals surface area contributed by atoms with Gasteiger partial charge in [-0.05, 0) is 36.6 Å². The van der Waals surface area contributed by atoms with Crippen molar-refractivity contribution >= 4 is 0 Å². The minimum atomic E-state index is 0. The molecule has 4 heteroatoms. The second kappa shape index (κ2) is 6.69. The molecule has 0 amide bonds. The van der Waals surface area contributed by atoms with Gasteiger partial charge in [0.25, 0.3) is 0 Å². The lowest BCUT2D eigenvalue weighted by atomic mass is 9.94. The Morgan fingerprint density at radius 1 is 1.09 bits per heavy atom. The summed E-state index contributed by atoms with van der Waals surface area (Å²) in [5.41, 5.74) is 6.63. The second-order valence-electron chi connectivity index (χ2n) is 5.53. The molecule has 1 aromatic heterocycles. The Hall–Kier alpha value is -1.55. The highest BCUT2D eigenvalue weighted by atomic mass is 79.9. The quantitative estimate of drug-likeness (QED) is 0.721. The van der Waals surface area contributed by atoms with Gasteiger partial charge in [-0.1, -0.05) is 6.92 Å². The molecule has 0 saturated heterocycles. The third kappa shape index (κ3) is 2.72. The number of methoxy groups -OCH3 is 2. The Kier molecular flexibility index (Phi) is 5.12. The average Bonchev–Trinajstić information content (AvgIpc) is 2.52. The van der Waals surface area contributed by atoms with Gasteiger partial charge in [0.1, 0.15) is 0 Å². The zero-order valence-corrected chi connectivity index (χ0v) is 15.2. The van der Waals surface area contributed by atoms with E-state index in [0.29, 0.717) is 0 Å². The van der Waals surface area contributed by atoms with E-state index in [-0.39, 0.29) is 17.0 Å². The smallest absolute Gasteiger partial charge is 0.213 e. The molecule has 22 heavy (non-hydrogen) atoms. The summed E-state index contributed by atoms with van der Waals surface area (Å²) < 4.78 is 13.2. The van der Waals surface area contributed by atoms with Gasteiger partial charge < -0.3 is 26.5 Å². The molecule has 0 spiro atoms. The van der Waals surface area contributed by atoms with Crippen molar-refractivity contribution in [3.8, 4) is 22.8 Å². The molecular weight excluding hydrogens is 342 g/mol. The van der Waals surface area contributed by atoms with Crippen LogP contribution in [-0.4, -0.2) is 14.2 Å². The molecule has 0 bridgehead atoms. The van der Waals surface area contributed by atoms with Gasteiger partial charge in [0.05, 0.1) is 19.8 Å². The number of aromatic nitrogens is 1. The number of aryl methyl sites for hydroxylation is 4. The van der Waals surface area contributed by atoms with Crippen molar-refractivity contribution in [2.75, 3.05) is 14.2 Å². The van der Waals surface area contributed by atoms with E-state index in [1.54, 1.807) is 14.2 Å². The lowest BCUT2D eigenvalue weighted by Crippen LogP contribution is -3.00. The van der Waals surface area contributed by atoms with Gasteiger partial charge in [0.15, 0.2) is 24.2 Å². The summed E-state index contributed by atoms with van der Waals surface area (Å²) in [5, 5.41) is 0. The summed E-state index contributed by atoms with van der Waals surface area (Å²) in [7, 11) is 3.38. The number of ether oxygens (including phenoxy) is 2. The van der Waals surface area contributed by atoms with Crippen LogP contribution in [0, 0.1) is 6.92 Å². The minimum Gasteiger partial charge on any atom is -1.00 e. The molecule has 0 unspecified atom stereocenters. The second-order valence-corrected chi connectivity index (χ2v) is 5.53. The largest absolute Gasteiger partial charge is 1.00 e. The van der Waals surface area contributed by atoms with E-state index in [4.69, 9.17) is 9.47 Å². The van der Waals surface area contributed by atoms with Gasteiger partial charge in [-0.2, -0.15) is 4.57 Å². The van der Waals surface area contributed by atoms with Gasteiger partial charge in [0.2, 0.25) is 5.69 Å². The first-order valence-corrected chi connectivity index (χ1v) is 7.46. The van der Waals surface area contributed by atoms with Gasteiger partial charge in [-0.25, -0.2) is 0 Å². The molecule has 2 aromatic rings. The Morgan fingerprint density at radius 2 is 1.77 bits per heavy atom. The van der Waals surface area contributed by atoms with E-state index in [9.17, 15) is 0 Å². The lowest BCUT2D eigenvalue weighted by Gasteiger charge is -2.19. The fraction of sp³-hybridized carbons (Fsp3) is 0.389. The fourth-order valence-electron chi connectivity index (χ4n) is 3.14. The molecule has 1 aromatic carbocycles. The number of nitrogens with zero attached hydrogens (tertiary/aromatic N) is 1. The summed E-state index contributed by atoms with van der Waals surface area (Å²) in [4.78, 5) is 0. The molecular formula is C18H22BrNO2. The minimum absolute atomic E-state index is 0. The van der Waals surface area contributed by atoms with E-state index in [1.165, 1.54) is 27.9 Å². The third-order valence-electron chi connectivity index (χ3n) is 4.37. The number of fused-ring (bicyclic) bond motifs is 3. The molecule has 0 N–H and O–H groups in total. The first-order chi connectivity index (χ1) is 10.2. The molecule has 0 saturated carbocycles. The SMILES string of the molecule is CCc1c[n+]2c(cc1C)-c1cc(OC)c(OC)cc1CC2.[Br-]. The monoisotopic (exact) mass is 363 g/mol. The normalized spacial score (nSPS) is 12.0. The van der Waals surface area contributed by atoms with Crippen molar-refractivity contribution in [1.29, 1.82) is 0 Å². The van der Waals surface area contributed by atoms with Crippen LogP contribution in [0.3, 0.4) is 0 Å². The number of hydrogen-bond acceptors (Lipinski definition) is 2. The summed E-state index contributed by atoms with van der Waals surface area (Å²) in [6.07, 6.45) is 4.40. The first-order valence-electron chi connectivity index (χ1n) is 7.46. The maximum atomic E-state index is 5.46. The molecule has 1 aliphatic heterocycles. The van der Waals surface area contributed by atoms with Crippen LogP contribution in [0.15, 0.2) is 24.4 Å². The topological polar surface area (TPSA) is 22.3 Å². The van der Waals surface area contributed by atoms with Crippen molar-refractivity contribution in [2.45, 2.75) is 33.2 Å². The maximum Gasteiger partial charge on any atom is 0.213 e. The van der Waals surface area contributed by atoms with Crippen molar-refractivity contribution in [1.82, 2.24) is 0 Å². The molecule has 1 aliphatic rings. The Bertz CT molecular complexity index is 698. The van der Waals surface area contributed by atoms with Crippen LogP contribution in [0.5, 0.6) is 11.5 Å². The average molecular weight is 364 g/mol. The zero-order valence-electron chi connectivity index (χ0n) is 13.6. The molecule has 0 fully saturated rings. The van der Waals surface area contributed by atoms with E-state index in [1.807, 2.05) is 0 Å². The van der Waals surface area contributed by atoms with Crippen LogP contribution < -0.4 is 31.0 Å². The van der Waals surface area contributed by atoms with Crippen LogP contribution in [0.4, 0.5) is 0 Å². The van der Waals surface area contributed by atoms with Gasteiger partial charge in [0, 0.05) is 18.1 Å². The van der Waals surface area contributed by atoms with E-state index >= 15 is 0 Å². The number of pyridine rings is 1. The maximum absolute atomic E-state index is 5.46. The number of halogens is 1. The summed E-state index contributed by atoms with van der Waals surface area (Å²) in [6, 6.07) is 6.51. The Labute approximate surface area is 142 Å². The lowest BCUT2D eigenvalue weighted by molar-refractivity contribution is -0.688. The highest BCUT2D eigenvalue weighted by Gasteiger charge is 2.26. The molecule has 0 atom stereocenters. The van der Waals surface area contributed by atoms with E-state index in [2.05, 4.69) is 42.8 Å². The summed E-state index contributed by atoms with van der Waals surface area (Å²) in [5.74, 6) is 1.61. The van der Waals surface area contributed by atoms with Crippen molar-refractivity contribution < 1.29 is 31.0 Å². The molecule has 0 aliphatic carbocycles. The summed E-state index contributed by atoms with van der Waals surface area (Å²) in [6.45, 7) is 5.42. The van der Waals surface area contributed by atoms with Gasteiger partial charge in [-0.15, -0.1) is 0 Å². The highest BCUT2D eigenvalue weighted by molar-refractivity contribution is 5.68. The van der Waals surface area contributed by atoms with Crippen LogP contribution in [-0.2, 0) is 19.4 Å². The van der Waals surface area contributed by atoms with Crippen molar-refractivity contribution in [3.05, 3.63) is 41.1 Å². The molecule has 3 rings (SSSR count). The van der Waals surface area contributed by atoms with Gasteiger partial charge >= 0.3 is 0 Å². The van der Waals surface area contributed by atoms with Crippen LogP contribution in [0.25, 0.3) is 11.3 Å². The summed E-state index contributed by atoms with van der Waals surface area (Å²) >= 11 is 0. The predicted octanol–water partition coefficient (Wildman–Crippen LogP) is 0.0892. The van der Waals surface area contributed by atoms with E-state index < -0.39 is 0 Å². The molecule has 2 heterocycles. The number of hydrogen-bond donors (Lipinski definition) is 0. The zero-order chi connectivity index (χ0) is 15.0. The van der Waals surface area contributed by atoms with Crippen LogP contribution in [0.1, 0.15) is 23.6 Å². The van der Waals surface area contributed by atoms with E-state index in [0.717, 1.165) is 30.9 Å². The van der Waals surface area contributed by atoms with Crippen LogP contribution >= 0.6 is 0 Å². The Morgan fingerprint density at radius 3 is 2.41 bits per heavy atom. The molecule has 118 valence electrons. The van der Waals surface area contributed by atoms with Crippen molar-refractivity contribution in [3.63, 3.8) is 0 Å². The fourth-order valence-corrected chi connectivity index (χ4v) is 3.14. The molecule has 3 nitrogen and oxygen atoms in total. The third-order valence-corrected chi connectivity index (χ3v) is 4.37. The molecule has 0 radical (unpaired) electrons. The predicted molar refractivity (Wildman–Crippen MR) is 83.0 cm³/mol. The standard InChI is InChI=1S/C18H22NO2.BrH/c1-5-13-11-19-7-6-14-9-17(20-3)18(21-4)10-15(14)16(19)8-12(13)2;/h8-11H,5-7H2,1-4H3;1H/q+1;/p-1. The number of benzene rings is 1. The van der Waals surface area contributed by atoms with Crippen LogP contribution in [0.2, 0.25) is 0 Å². The van der Waals surface area contributed by atoms with Crippen molar-refractivity contribution in [2.24, 2.45) is 0 Å².